The Bertz CT molecular complexity index is 1760. The summed E-state index contributed by atoms with van der Waals surface area (Å²) < 4.78 is 47.1. The minimum atomic E-state index is -4.02. The molecule has 0 amide bonds. The fourth-order valence-electron chi connectivity index (χ4n) is 3.98. The van der Waals surface area contributed by atoms with Gasteiger partial charge in [0.1, 0.15) is 22.2 Å². The molecule has 2 N–H and O–H groups in total. The van der Waals surface area contributed by atoms with Crippen molar-refractivity contribution < 1.29 is 17.5 Å². The second kappa shape index (κ2) is 9.07. The number of halogens is 2. The summed E-state index contributed by atoms with van der Waals surface area (Å²) in [5.74, 6) is -0.812. The van der Waals surface area contributed by atoms with Crippen LogP contribution in [0, 0.1) is 17.1 Å². The van der Waals surface area contributed by atoms with Crippen molar-refractivity contribution >= 4 is 32.3 Å². The van der Waals surface area contributed by atoms with Gasteiger partial charge in [0.2, 0.25) is 5.88 Å². The van der Waals surface area contributed by atoms with Gasteiger partial charge in [-0.3, -0.25) is 5.10 Å². The molecule has 0 saturated heterocycles. The van der Waals surface area contributed by atoms with Crippen molar-refractivity contribution in [3.05, 3.63) is 77.0 Å². The first kappa shape index (κ1) is 23.5. The van der Waals surface area contributed by atoms with Crippen LogP contribution in [0.1, 0.15) is 11.1 Å². The van der Waals surface area contributed by atoms with Crippen LogP contribution in [0.4, 0.5) is 4.39 Å². The summed E-state index contributed by atoms with van der Waals surface area (Å²) in [4.78, 5) is 10.8. The van der Waals surface area contributed by atoms with Gasteiger partial charge in [0, 0.05) is 35.1 Å². The highest BCUT2D eigenvalue weighted by Gasteiger charge is 2.25. The number of ether oxygens (including phenoxy) is 1. The third-order valence-corrected chi connectivity index (χ3v) is 7.47. The van der Waals surface area contributed by atoms with Crippen molar-refractivity contribution in [2.24, 2.45) is 0 Å². The Morgan fingerprint density at radius 2 is 2.03 bits per heavy atom. The molecule has 0 spiro atoms. The highest BCUT2D eigenvalue weighted by Crippen LogP contribution is 2.35. The molecule has 9 nitrogen and oxygen atoms in total. The summed E-state index contributed by atoms with van der Waals surface area (Å²) in [6.45, 7) is 0. The van der Waals surface area contributed by atoms with Crippen LogP contribution >= 0.6 is 11.6 Å². The van der Waals surface area contributed by atoms with Gasteiger partial charge >= 0.3 is 0 Å². The largest absolute Gasteiger partial charge is 0.480 e. The van der Waals surface area contributed by atoms with Crippen molar-refractivity contribution in [1.82, 2.24) is 25.1 Å². The molecule has 0 aliphatic carbocycles. The first-order chi connectivity index (χ1) is 17.3. The van der Waals surface area contributed by atoms with E-state index in [-0.39, 0.29) is 43.6 Å². The molecule has 0 aliphatic rings. The average Bonchev–Trinajstić information content (AvgIpc) is 3.54. The van der Waals surface area contributed by atoms with E-state index >= 15 is 4.39 Å². The van der Waals surface area contributed by atoms with Crippen LogP contribution in [-0.2, 0) is 15.6 Å². The van der Waals surface area contributed by atoms with Crippen LogP contribution < -0.4 is 4.74 Å². The Balaban J connectivity index is 1.60. The van der Waals surface area contributed by atoms with Crippen LogP contribution in [0.5, 0.6) is 5.88 Å². The zero-order valence-electron chi connectivity index (χ0n) is 18.6. The molecule has 3 heterocycles. The number of sulfone groups is 1. The van der Waals surface area contributed by atoms with Crippen molar-refractivity contribution in [1.29, 1.82) is 5.26 Å². The van der Waals surface area contributed by atoms with Gasteiger partial charge in [-0.15, -0.1) is 0 Å². The number of pyridine rings is 1. The predicted octanol–water partition coefficient (Wildman–Crippen LogP) is 4.66. The van der Waals surface area contributed by atoms with E-state index in [0.717, 1.165) is 0 Å². The zero-order valence-corrected chi connectivity index (χ0v) is 20.2. The van der Waals surface area contributed by atoms with E-state index in [1.165, 1.54) is 31.5 Å². The number of fused-ring (bicyclic) bond motifs is 1. The van der Waals surface area contributed by atoms with Gasteiger partial charge in [0.15, 0.2) is 21.5 Å². The summed E-state index contributed by atoms with van der Waals surface area (Å²) in [5, 5.41) is 17.4. The third kappa shape index (κ3) is 3.96. The molecule has 5 rings (SSSR count). The molecule has 0 bridgehead atoms. The minimum absolute atomic E-state index is 0.0232. The van der Waals surface area contributed by atoms with Gasteiger partial charge in [0.25, 0.3) is 0 Å². The van der Waals surface area contributed by atoms with Gasteiger partial charge in [-0.25, -0.2) is 22.8 Å². The van der Waals surface area contributed by atoms with Gasteiger partial charge in [-0.1, -0.05) is 35.9 Å². The standard InChI is InChI=1S/C24H16ClFN6O3S/c1-35-24-19(9-14(25)11-30-24)36(33,34)12-13-3-2-4-15(18(13)10-27)16-5-6-17-21(20(16)26)31-32-22(17)23-28-7-8-29-23/h2-9,11H,12H2,1H3,(H,28,29)(H,31,32). The van der Waals surface area contributed by atoms with E-state index in [4.69, 9.17) is 16.3 Å². The van der Waals surface area contributed by atoms with Gasteiger partial charge in [0.05, 0.1) is 23.4 Å². The Labute approximate surface area is 209 Å². The molecular weight excluding hydrogens is 507 g/mol. The van der Waals surface area contributed by atoms with Crippen LogP contribution in [0.25, 0.3) is 33.5 Å². The molecule has 0 fully saturated rings. The fourth-order valence-corrected chi connectivity index (χ4v) is 5.72. The van der Waals surface area contributed by atoms with E-state index in [1.807, 2.05) is 6.07 Å². The zero-order chi connectivity index (χ0) is 25.4. The molecule has 5 aromatic rings. The monoisotopic (exact) mass is 522 g/mol. The normalized spacial score (nSPS) is 11.5. The molecule has 36 heavy (non-hydrogen) atoms. The molecule has 0 saturated carbocycles. The lowest BCUT2D eigenvalue weighted by Crippen LogP contribution is -2.09. The lowest BCUT2D eigenvalue weighted by molar-refractivity contribution is 0.385. The van der Waals surface area contributed by atoms with E-state index in [1.54, 1.807) is 30.6 Å². The van der Waals surface area contributed by atoms with Crippen molar-refractivity contribution in [2.75, 3.05) is 7.11 Å². The molecule has 180 valence electrons. The summed E-state index contributed by atoms with van der Waals surface area (Å²) in [6, 6.07) is 11.1. The minimum Gasteiger partial charge on any atom is -0.480 e. The lowest BCUT2D eigenvalue weighted by Gasteiger charge is -2.13. The maximum Gasteiger partial charge on any atom is 0.232 e. The topological polar surface area (TPSA) is 137 Å². The summed E-state index contributed by atoms with van der Waals surface area (Å²) >= 11 is 5.96. The maximum atomic E-state index is 15.6. The number of rotatable bonds is 6. The van der Waals surface area contributed by atoms with Crippen LogP contribution in [0.2, 0.25) is 5.02 Å². The third-order valence-electron chi connectivity index (χ3n) is 5.61. The Morgan fingerprint density at radius 3 is 2.75 bits per heavy atom. The number of imidazole rings is 1. The molecule has 0 radical (unpaired) electrons. The average molecular weight is 523 g/mol. The van der Waals surface area contributed by atoms with Gasteiger partial charge < -0.3 is 9.72 Å². The predicted molar refractivity (Wildman–Crippen MR) is 130 cm³/mol. The quantitative estimate of drug-likeness (QED) is 0.330. The van der Waals surface area contributed by atoms with Crippen molar-refractivity contribution in [2.45, 2.75) is 10.6 Å². The molecule has 12 heteroatoms. The Morgan fingerprint density at radius 1 is 1.19 bits per heavy atom. The number of methoxy groups -OCH3 is 1. The van der Waals surface area contributed by atoms with E-state index < -0.39 is 21.4 Å². The molecular formula is C24H16ClFN6O3S. The van der Waals surface area contributed by atoms with E-state index in [2.05, 4.69) is 25.1 Å². The SMILES string of the molecule is COc1ncc(Cl)cc1S(=O)(=O)Cc1cccc(-c2ccc3c(-c4ncc[nH]4)[nH]nc3c2F)c1C#N. The number of aromatic amines is 2. The Kier molecular flexibility index (Phi) is 5.91. The molecule has 3 aromatic heterocycles. The van der Waals surface area contributed by atoms with Crippen LogP contribution in [0.15, 0.2) is 59.9 Å². The summed E-state index contributed by atoms with van der Waals surface area (Å²) in [6.07, 6.45) is 4.48. The van der Waals surface area contributed by atoms with Crippen molar-refractivity contribution in [3.8, 4) is 34.6 Å². The van der Waals surface area contributed by atoms with Crippen LogP contribution in [-0.4, -0.2) is 40.7 Å². The molecule has 2 aromatic carbocycles. The number of nitrogens with one attached hydrogen (secondary N) is 2. The molecule has 0 atom stereocenters. The number of hydrogen-bond acceptors (Lipinski definition) is 7. The first-order valence-electron chi connectivity index (χ1n) is 10.4. The smallest absolute Gasteiger partial charge is 0.232 e. The maximum absolute atomic E-state index is 15.6. The highest BCUT2D eigenvalue weighted by atomic mass is 35.5. The second-order valence-electron chi connectivity index (χ2n) is 7.73. The number of nitriles is 1. The van der Waals surface area contributed by atoms with Crippen LogP contribution in [0.3, 0.4) is 0 Å². The van der Waals surface area contributed by atoms with Gasteiger partial charge in [-0.2, -0.15) is 10.4 Å². The first-order valence-corrected chi connectivity index (χ1v) is 12.5. The fraction of sp³-hybridized carbons (Fsp3) is 0.0833. The number of hydrogen-bond donors (Lipinski definition) is 2. The summed E-state index contributed by atoms with van der Waals surface area (Å²) in [5.41, 5.74) is 1.14. The highest BCUT2D eigenvalue weighted by molar-refractivity contribution is 7.90. The lowest BCUT2D eigenvalue weighted by atomic mass is 9.95. The van der Waals surface area contributed by atoms with E-state index in [0.29, 0.717) is 16.9 Å². The van der Waals surface area contributed by atoms with Gasteiger partial charge in [-0.05, 0) is 17.7 Å². The summed E-state index contributed by atoms with van der Waals surface area (Å²) in [7, 11) is -2.73. The molecule has 0 aliphatic heterocycles. The Hall–Kier alpha value is -4.27. The number of H-pyrrole nitrogens is 2. The van der Waals surface area contributed by atoms with E-state index in [9.17, 15) is 13.7 Å². The number of nitrogens with zero attached hydrogens (tertiary/aromatic N) is 4. The molecule has 0 unspecified atom stereocenters. The number of benzene rings is 2. The van der Waals surface area contributed by atoms with Crippen molar-refractivity contribution in [3.63, 3.8) is 0 Å². The number of aromatic nitrogens is 5. The second-order valence-corrected chi connectivity index (χ2v) is 10.1.